The predicted octanol–water partition coefficient (Wildman–Crippen LogP) is 2.28. The van der Waals surface area contributed by atoms with E-state index in [-0.39, 0.29) is 12.4 Å². The maximum Gasteiger partial charge on any atom is 0.316 e. The second kappa shape index (κ2) is 7.54. The summed E-state index contributed by atoms with van der Waals surface area (Å²) in [4.78, 5) is 8.54. The molecule has 4 nitrogen and oxygen atoms in total. The minimum absolute atomic E-state index is 0. The van der Waals surface area contributed by atoms with Gasteiger partial charge >= 0.3 is 6.01 Å². The van der Waals surface area contributed by atoms with E-state index < -0.39 is 0 Å². The quantitative estimate of drug-likeness (QED) is 0.913. The molecule has 1 N–H and O–H groups in total. The van der Waals surface area contributed by atoms with Crippen LogP contribution in [-0.4, -0.2) is 29.7 Å². The monoisotopic (exact) mass is 271 g/mol. The summed E-state index contributed by atoms with van der Waals surface area (Å²) < 4.78 is 5.62. The van der Waals surface area contributed by atoms with Gasteiger partial charge in [0.1, 0.15) is 0 Å². The normalized spacial score (nSPS) is 19.1. The van der Waals surface area contributed by atoms with Gasteiger partial charge in [-0.15, -0.1) is 12.4 Å². The number of rotatable bonds is 4. The minimum atomic E-state index is 0. The van der Waals surface area contributed by atoms with Gasteiger partial charge in [-0.05, 0) is 58.2 Å². The van der Waals surface area contributed by atoms with Crippen LogP contribution in [0.4, 0.5) is 0 Å². The van der Waals surface area contributed by atoms with Crippen LogP contribution in [0.3, 0.4) is 0 Å². The Balaban J connectivity index is 0.00000162. The van der Waals surface area contributed by atoms with Gasteiger partial charge in [0.15, 0.2) is 0 Å². The third-order valence-corrected chi connectivity index (χ3v) is 3.12. The van der Waals surface area contributed by atoms with Gasteiger partial charge < -0.3 is 10.1 Å². The Bertz CT molecular complexity index is 347. The lowest BCUT2D eigenvalue weighted by atomic mass is 9.97. The van der Waals surface area contributed by atoms with Crippen LogP contribution in [0.1, 0.15) is 30.7 Å². The zero-order valence-electron chi connectivity index (χ0n) is 11.1. The van der Waals surface area contributed by atoms with Gasteiger partial charge in [0.2, 0.25) is 0 Å². The molecule has 2 rings (SSSR count). The van der Waals surface area contributed by atoms with Crippen LogP contribution in [0.5, 0.6) is 6.01 Å². The zero-order valence-corrected chi connectivity index (χ0v) is 11.9. The SMILES string of the molecule is Cc1cc(C)nc(OCCC2CCCNC2)n1.Cl. The Kier molecular flexibility index (Phi) is 6.36. The predicted molar refractivity (Wildman–Crippen MR) is 74.5 cm³/mol. The fourth-order valence-electron chi connectivity index (χ4n) is 2.25. The summed E-state index contributed by atoms with van der Waals surface area (Å²) in [6, 6.07) is 2.48. The van der Waals surface area contributed by atoms with E-state index in [1.54, 1.807) is 0 Å². The number of aromatic nitrogens is 2. The second-order valence-electron chi connectivity index (χ2n) is 4.78. The van der Waals surface area contributed by atoms with E-state index in [0.29, 0.717) is 6.01 Å². The van der Waals surface area contributed by atoms with Gasteiger partial charge in [0.25, 0.3) is 0 Å². The molecule has 0 bridgehead atoms. The van der Waals surface area contributed by atoms with Crippen LogP contribution in [0, 0.1) is 19.8 Å². The molecule has 1 aromatic rings. The third kappa shape index (κ3) is 4.78. The Morgan fingerprint density at radius 3 is 2.67 bits per heavy atom. The number of hydrogen-bond donors (Lipinski definition) is 1. The molecule has 0 aliphatic carbocycles. The van der Waals surface area contributed by atoms with Crippen molar-refractivity contribution >= 4 is 12.4 Å². The molecule has 1 fully saturated rings. The highest BCUT2D eigenvalue weighted by Crippen LogP contribution is 2.14. The molecular weight excluding hydrogens is 250 g/mol. The third-order valence-electron chi connectivity index (χ3n) is 3.12. The maximum atomic E-state index is 5.62. The van der Waals surface area contributed by atoms with Gasteiger partial charge in [-0.3, -0.25) is 0 Å². The molecule has 1 aliphatic rings. The van der Waals surface area contributed by atoms with Crippen LogP contribution in [0.15, 0.2) is 6.07 Å². The van der Waals surface area contributed by atoms with Gasteiger partial charge in [-0.2, -0.15) is 0 Å². The fraction of sp³-hybridized carbons (Fsp3) is 0.692. The van der Waals surface area contributed by atoms with E-state index >= 15 is 0 Å². The molecule has 0 saturated carbocycles. The number of aryl methyl sites for hydroxylation is 2. The van der Waals surface area contributed by atoms with E-state index in [9.17, 15) is 0 Å². The van der Waals surface area contributed by atoms with Crippen LogP contribution in [0.25, 0.3) is 0 Å². The van der Waals surface area contributed by atoms with Crippen LogP contribution < -0.4 is 10.1 Å². The molecule has 1 saturated heterocycles. The summed E-state index contributed by atoms with van der Waals surface area (Å²) in [5.74, 6) is 0.745. The molecule has 0 aromatic carbocycles. The van der Waals surface area contributed by atoms with Crippen molar-refractivity contribution in [1.29, 1.82) is 0 Å². The van der Waals surface area contributed by atoms with Crippen LogP contribution in [-0.2, 0) is 0 Å². The first-order valence-corrected chi connectivity index (χ1v) is 6.40. The lowest BCUT2D eigenvalue weighted by Gasteiger charge is -2.22. The van der Waals surface area contributed by atoms with Crippen molar-refractivity contribution in [2.45, 2.75) is 33.1 Å². The first-order valence-electron chi connectivity index (χ1n) is 6.40. The van der Waals surface area contributed by atoms with Gasteiger partial charge in [0, 0.05) is 11.4 Å². The molecule has 1 unspecified atom stereocenters. The maximum absolute atomic E-state index is 5.62. The highest BCUT2D eigenvalue weighted by atomic mass is 35.5. The molecular formula is C13H22ClN3O. The first-order chi connectivity index (χ1) is 8.24. The zero-order chi connectivity index (χ0) is 12.1. The summed E-state index contributed by atoms with van der Waals surface area (Å²) >= 11 is 0. The van der Waals surface area contributed by atoms with Crippen molar-refractivity contribution in [3.63, 3.8) is 0 Å². The van der Waals surface area contributed by atoms with E-state index in [4.69, 9.17) is 4.74 Å². The highest BCUT2D eigenvalue weighted by molar-refractivity contribution is 5.85. The molecule has 1 aromatic heterocycles. The highest BCUT2D eigenvalue weighted by Gasteiger charge is 2.12. The summed E-state index contributed by atoms with van der Waals surface area (Å²) in [6.07, 6.45) is 3.68. The molecule has 18 heavy (non-hydrogen) atoms. The van der Waals surface area contributed by atoms with Gasteiger partial charge in [0.05, 0.1) is 6.61 Å². The van der Waals surface area contributed by atoms with Crippen molar-refractivity contribution < 1.29 is 4.74 Å². The molecule has 102 valence electrons. The molecule has 0 radical (unpaired) electrons. The first kappa shape index (κ1) is 15.2. The summed E-state index contributed by atoms with van der Waals surface area (Å²) in [5, 5.41) is 3.41. The second-order valence-corrected chi connectivity index (χ2v) is 4.78. The molecule has 0 spiro atoms. The average molecular weight is 272 g/mol. The number of nitrogens with one attached hydrogen (secondary N) is 1. The Labute approximate surface area is 115 Å². The number of ether oxygens (including phenoxy) is 1. The molecule has 0 amide bonds. The van der Waals surface area contributed by atoms with Crippen molar-refractivity contribution in [3.8, 4) is 6.01 Å². The van der Waals surface area contributed by atoms with Gasteiger partial charge in [-0.25, -0.2) is 9.97 Å². The number of nitrogens with zero attached hydrogens (tertiary/aromatic N) is 2. The van der Waals surface area contributed by atoms with Gasteiger partial charge in [-0.1, -0.05) is 0 Å². The Hall–Kier alpha value is -0.870. The summed E-state index contributed by atoms with van der Waals surface area (Å²) in [5.41, 5.74) is 1.93. The lowest BCUT2D eigenvalue weighted by molar-refractivity contribution is 0.239. The molecule has 1 atom stereocenters. The van der Waals surface area contributed by atoms with Crippen LogP contribution >= 0.6 is 12.4 Å². The largest absolute Gasteiger partial charge is 0.463 e. The van der Waals surface area contributed by atoms with Crippen molar-refractivity contribution in [2.75, 3.05) is 19.7 Å². The summed E-state index contributed by atoms with van der Waals surface area (Å²) in [7, 11) is 0. The smallest absolute Gasteiger partial charge is 0.316 e. The average Bonchev–Trinajstić information content (AvgIpc) is 2.29. The minimum Gasteiger partial charge on any atom is -0.463 e. The summed E-state index contributed by atoms with van der Waals surface area (Å²) in [6.45, 7) is 6.93. The number of halogens is 1. The lowest BCUT2D eigenvalue weighted by Crippen LogP contribution is -2.30. The standard InChI is InChI=1S/C13H21N3O.ClH/c1-10-8-11(2)16-13(15-10)17-7-5-12-4-3-6-14-9-12;/h8,12,14H,3-7,9H2,1-2H3;1H. The van der Waals surface area contributed by atoms with E-state index in [2.05, 4.69) is 15.3 Å². The topological polar surface area (TPSA) is 47.0 Å². The van der Waals surface area contributed by atoms with Crippen LogP contribution in [0.2, 0.25) is 0 Å². The molecule has 2 heterocycles. The molecule has 1 aliphatic heterocycles. The van der Waals surface area contributed by atoms with Crippen molar-refractivity contribution in [3.05, 3.63) is 17.5 Å². The van der Waals surface area contributed by atoms with E-state index in [1.807, 2.05) is 19.9 Å². The van der Waals surface area contributed by atoms with Crippen molar-refractivity contribution in [2.24, 2.45) is 5.92 Å². The molecule has 5 heteroatoms. The Morgan fingerprint density at radius 1 is 1.33 bits per heavy atom. The number of piperidine rings is 1. The fourth-order valence-corrected chi connectivity index (χ4v) is 2.25. The van der Waals surface area contributed by atoms with E-state index in [1.165, 1.54) is 12.8 Å². The van der Waals surface area contributed by atoms with E-state index in [0.717, 1.165) is 43.4 Å². The Morgan fingerprint density at radius 2 is 2.06 bits per heavy atom. The number of hydrogen-bond acceptors (Lipinski definition) is 4. The van der Waals surface area contributed by atoms with Crippen molar-refractivity contribution in [1.82, 2.24) is 15.3 Å².